The highest BCUT2D eigenvalue weighted by atomic mass is 35.5. The third kappa shape index (κ3) is 3.95. The summed E-state index contributed by atoms with van der Waals surface area (Å²) in [7, 11) is 2.03. The fourth-order valence-corrected chi connectivity index (χ4v) is 2.15. The van der Waals surface area contributed by atoms with E-state index in [4.69, 9.17) is 11.6 Å². The van der Waals surface area contributed by atoms with E-state index in [2.05, 4.69) is 10.2 Å². The molecule has 0 saturated carbocycles. The van der Waals surface area contributed by atoms with Gasteiger partial charge in [0.05, 0.1) is 6.54 Å². The second-order valence-corrected chi connectivity index (χ2v) is 5.31. The van der Waals surface area contributed by atoms with Crippen molar-refractivity contribution >= 4 is 23.4 Å². The number of benzene rings is 1. The number of carbonyl (C=O) groups excluding carboxylic acids is 2. The molecular weight excluding hydrogens is 278 g/mol. The van der Waals surface area contributed by atoms with Crippen molar-refractivity contribution in [2.45, 2.75) is 0 Å². The van der Waals surface area contributed by atoms with Crippen LogP contribution in [-0.4, -0.2) is 61.4 Å². The molecule has 1 aliphatic rings. The fourth-order valence-electron chi connectivity index (χ4n) is 2.03. The highest BCUT2D eigenvalue weighted by Gasteiger charge is 2.19. The zero-order chi connectivity index (χ0) is 14.5. The van der Waals surface area contributed by atoms with Gasteiger partial charge in [-0.3, -0.25) is 9.59 Å². The molecule has 2 rings (SSSR count). The molecule has 1 aliphatic heterocycles. The monoisotopic (exact) mass is 295 g/mol. The molecule has 5 nitrogen and oxygen atoms in total. The number of rotatable bonds is 3. The van der Waals surface area contributed by atoms with Crippen LogP contribution in [-0.2, 0) is 4.79 Å². The first-order valence-electron chi connectivity index (χ1n) is 6.56. The van der Waals surface area contributed by atoms with Crippen molar-refractivity contribution in [1.29, 1.82) is 0 Å². The summed E-state index contributed by atoms with van der Waals surface area (Å²) < 4.78 is 0. The van der Waals surface area contributed by atoms with Gasteiger partial charge in [-0.15, -0.1) is 0 Å². The van der Waals surface area contributed by atoms with E-state index < -0.39 is 0 Å². The molecule has 0 aromatic heterocycles. The van der Waals surface area contributed by atoms with Crippen LogP contribution in [0.1, 0.15) is 10.4 Å². The van der Waals surface area contributed by atoms with Gasteiger partial charge in [0.1, 0.15) is 0 Å². The average molecular weight is 296 g/mol. The van der Waals surface area contributed by atoms with Crippen molar-refractivity contribution in [1.82, 2.24) is 15.1 Å². The standard InChI is InChI=1S/C14H18ClN3O2/c1-17-6-8-18(9-7-17)13(19)10-16-14(20)11-2-4-12(15)5-3-11/h2-5H,6-10H2,1H3,(H,16,20). The van der Waals surface area contributed by atoms with Gasteiger partial charge in [-0.25, -0.2) is 0 Å². The molecule has 0 atom stereocenters. The summed E-state index contributed by atoms with van der Waals surface area (Å²) >= 11 is 5.76. The molecule has 108 valence electrons. The first-order chi connectivity index (χ1) is 9.56. The van der Waals surface area contributed by atoms with Gasteiger partial charge in [0, 0.05) is 36.8 Å². The van der Waals surface area contributed by atoms with Crippen LogP contribution in [0.3, 0.4) is 0 Å². The first-order valence-corrected chi connectivity index (χ1v) is 6.94. The Kier molecular flexibility index (Phi) is 4.98. The molecule has 0 radical (unpaired) electrons. The third-order valence-electron chi connectivity index (χ3n) is 3.36. The molecule has 1 heterocycles. The largest absolute Gasteiger partial charge is 0.343 e. The lowest BCUT2D eigenvalue weighted by molar-refractivity contribution is -0.131. The molecule has 2 amide bonds. The van der Waals surface area contributed by atoms with Crippen molar-refractivity contribution in [3.8, 4) is 0 Å². The number of halogens is 1. The maximum atomic E-state index is 12.0. The Labute approximate surface area is 123 Å². The van der Waals surface area contributed by atoms with Crippen LogP contribution in [0.25, 0.3) is 0 Å². The summed E-state index contributed by atoms with van der Waals surface area (Å²) in [6.07, 6.45) is 0. The van der Waals surface area contributed by atoms with Crippen LogP contribution < -0.4 is 5.32 Å². The predicted molar refractivity (Wildman–Crippen MR) is 77.9 cm³/mol. The highest BCUT2D eigenvalue weighted by molar-refractivity contribution is 6.30. The van der Waals surface area contributed by atoms with E-state index in [0.717, 1.165) is 13.1 Å². The summed E-state index contributed by atoms with van der Waals surface area (Å²) in [6.45, 7) is 3.21. The Balaban J connectivity index is 1.81. The maximum Gasteiger partial charge on any atom is 0.251 e. The molecule has 1 aromatic carbocycles. The van der Waals surface area contributed by atoms with Crippen LogP contribution in [0.4, 0.5) is 0 Å². The van der Waals surface area contributed by atoms with Gasteiger partial charge < -0.3 is 15.1 Å². The lowest BCUT2D eigenvalue weighted by atomic mass is 10.2. The number of carbonyl (C=O) groups is 2. The van der Waals surface area contributed by atoms with Crippen molar-refractivity contribution in [3.05, 3.63) is 34.9 Å². The quantitative estimate of drug-likeness (QED) is 0.899. The summed E-state index contributed by atoms with van der Waals surface area (Å²) in [5, 5.41) is 3.22. The van der Waals surface area contributed by atoms with E-state index in [1.54, 1.807) is 29.2 Å². The molecule has 0 spiro atoms. The molecule has 1 saturated heterocycles. The number of hydrogen-bond acceptors (Lipinski definition) is 3. The SMILES string of the molecule is CN1CCN(C(=O)CNC(=O)c2ccc(Cl)cc2)CC1. The van der Waals surface area contributed by atoms with Gasteiger partial charge in [0.25, 0.3) is 5.91 Å². The van der Waals surface area contributed by atoms with E-state index in [1.165, 1.54) is 0 Å². The van der Waals surface area contributed by atoms with Crippen molar-refractivity contribution in [2.24, 2.45) is 0 Å². The van der Waals surface area contributed by atoms with Crippen LogP contribution in [0.5, 0.6) is 0 Å². The molecule has 1 N–H and O–H groups in total. The fraction of sp³-hybridized carbons (Fsp3) is 0.429. The van der Waals surface area contributed by atoms with Gasteiger partial charge in [-0.2, -0.15) is 0 Å². The molecule has 20 heavy (non-hydrogen) atoms. The number of nitrogens with zero attached hydrogens (tertiary/aromatic N) is 2. The molecule has 1 aromatic rings. The molecule has 0 unspecified atom stereocenters. The first kappa shape index (κ1) is 14.8. The van der Waals surface area contributed by atoms with Gasteiger partial charge >= 0.3 is 0 Å². The number of piperazine rings is 1. The van der Waals surface area contributed by atoms with Gasteiger partial charge in [-0.05, 0) is 31.3 Å². The molecule has 1 fully saturated rings. The van der Waals surface area contributed by atoms with Crippen molar-refractivity contribution < 1.29 is 9.59 Å². The number of nitrogens with one attached hydrogen (secondary N) is 1. The Hall–Kier alpha value is -1.59. The molecule has 0 aliphatic carbocycles. The summed E-state index contributed by atoms with van der Waals surface area (Å²) in [4.78, 5) is 27.8. The second kappa shape index (κ2) is 6.72. The van der Waals surface area contributed by atoms with Crippen LogP contribution in [0.2, 0.25) is 5.02 Å². The smallest absolute Gasteiger partial charge is 0.251 e. The topological polar surface area (TPSA) is 52.6 Å². The predicted octanol–water partition coefficient (Wildman–Crippen LogP) is 0.844. The normalized spacial score (nSPS) is 16.0. The Morgan fingerprint density at radius 2 is 1.75 bits per heavy atom. The Morgan fingerprint density at radius 3 is 2.35 bits per heavy atom. The number of likely N-dealkylation sites (N-methyl/N-ethyl adjacent to an activating group) is 1. The van der Waals surface area contributed by atoms with Gasteiger partial charge in [-0.1, -0.05) is 11.6 Å². The zero-order valence-corrected chi connectivity index (χ0v) is 12.2. The lowest BCUT2D eigenvalue weighted by Gasteiger charge is -2.32. The highest BCUT2D eigenvalue weighted by Crippen LogP contribution is 2.09. The average Bonchev–Trinajstić information content (AvgIpc) is 2.46. The summed E-state index contributed by atoms with van der Waals surface area (Å²) in [5.41, 5.74) is 0.501. The molecule has 0 bridgehead atoms. The van der Waals surface area contributed by atoms with E-state index in [1.807, 2.05) is 7.05 Å². The van der Waals surface area contributed by atoms with Crippen LogP contribution in [0, 0.1) is 0 Å². The van der Waals surface area contributed by atoms with Crippen molar-refractivity contribution in [2.75, 3.05) is 39.8 Å². The van der Waals surface area contributed by atoms with Gasteiger partial charge in [0.2, 0.25) is 5.91 Å². The van der Waals surface area contributed by atoms with Crippen molar-refractivity contribution in [3.63, 3.8) is 0 Å². The Morgan fingerprint density at radius 1 is 1.15 bits per heavy atom. The summed E-state index contributed by atoms with van der Waals surface area (Å²) in [5.74, 6) is -0.301. The van der Waals surface area contributed by atoms with Crippen LogP contribution in [0.15, 0.2) is 24.3 Å². The number of amides is 2. The lowest BCUT2D eigenvalue weighted by Crippen LogP contribution is -2.50. The molecular formula is C14H18ClN3O2. The van der Waals surface area contributed by atoms with Crippen LogP contribution >= 0.6 is 11.6 Å². The molecule has 6 heteroatoms. The minimum atomic E-state index is -0.260. The van der Waals surface area contributed by atoms with E-state index in [9.17, 15) is 9.59 Å². The minimum Gasteiger partial charge on any atom is -0.343 e. The summed E-state index contributed by atoms with van der Waals surface area (Å²) in [6, 6.07) is 6.58. The van der Waals surface area contributed by atoms with E-state index in [0.29, 0.717) is 23.7 Å². The number of hydrogen-bond donors (Lipinski definition) is 1. The van der Waals surface area contributed by atoms with E-state index in [-0.39, 0.29) is 18.4 Å². The minimum absolute atomic E-state index is 0.0329. The second-order valence-electron chi connectivity index (χ2n) is 4.87. The maximum absolute atomic E-state index is 12.0. The third-order valence-corrected chi connectivity index (χ3v) is 3.61. The zero-order valence-electron chi connectivity index (χ0n) is 11.4. The van der Waals surface area contributed by atoms with E-state index >= 15 is 0 Å². The Bertz CT molecular complexity index is 482. The van der Waals surface area contributed by atoms with Gasteiger partial charge in [0.15, 0.2) is 0 Å².